The fourth-order valence-corrected chi connectivity index (χ4v) is 9.29. The zero-order valence-electron chi connectivity index (χ0n) is 49.1. The van der Waals surface area contributed by atoms with Crippen LogP contribution in [0.15, 0.2) is 69.9 Å². The zero-order valence-corrected chi connectivity index (χ0v) is 50.7. The molecule has 0 spiro atoms. The smallest absolute Gasteiger partial charge is 0.408 e. The van der Waals surface area contributed by atoms with Gasteiger partial charge in [-0.1, -0.05) is 90.2 Å². The SMILES string of the molecule is CCC(C)C(NC(=O)OC(C)(C)C)C(=O)NC(CSCC=C(C)CCC=C(C)CCC=C(C)CCC(C)(C)OC(=O)NC(CCC(N)=O)C(=O)NC(CSCC=C(C)CCC=C(C)CCC=C(C)C)C(=O)NN)C(=O)NN. The summed E-state index contributed by atoms with van der Waals surface area (Å²) in [4.78, 5) is 89.6. The fraction of sp³-hybridized carbons (Fsp3) is 0.667. The van der Waals surface area contributed by atoms with Crippen LogP contribution in [0.3, 0.4) is 0 Å². The molecule has 0 aromatic rings. The molecular weight excluding hydrogens is 1020 g/mol. The van der Waals surface area contributed by atoms with Crippen molar-refractivity contribution < 1.29 is 43.0 Å². The van der Waals surface area contributed by atoms with Crippen LogP contribution in [-0.2, 0) is 33.4 Å². The Morgan fingerprint density at radius 1 is 0.519 bits per heavy atom. The third kappa shape index (κ3) is 36.6. The van der Waals surface area contributed by atoms with E-state index in [-0.39, 0.29) is 30.3 Å². The van der Waals surface area contributed by atoms with Crippen molar-refractivity contribution in [2.75, 3.05) is 23.0 Å². The topological polar surface area (TPSA) is 288 Å². The quantitative estimate of drug-likeness (QED) is 0.00924. The summed E-state index contributed by atoms with van der Waals surface area (Å²) < 4.78 is 11.1. The number of alkyl carbamates (subject to hydrolysis) is 2. The molecule has 0 aromatic heterocycles. The standard InChI is InChI=1S/C57H99N9O9S2/c1-15-44(9)49(64-55(73)74-56(10,11)12)53(71)62-47(52(70)66-60)37-77-35-32-43(8)27-19-24-40(5)22-17-25-41(6)30-33-57(13,14)75-54(72)63-45(28-29-48(58)67)50(68)61-46(51(69)65-59)36-76-34-31-42(7)26-18-23-39(4)21-16-20-38(2)3/h20,23-25,31-32,44-47,49H,15-19,21-22,26-30,33-37,59-60H2,1-14H3,(H2,58,67)(H,61,68)(H,62,71)(H,63,72)(H,64,73)(H,65,69)(H,66,70). The van der Waals surface area contributed by atoms with Gasteiger partial charge in [0.1, 0.15) is 35.4 Å². The van der Waals surface area contributed by atoms with Crippen LogP contribution in [0.4, 0.5) is 9.59 Å². The van der Waals surface area contributed by atoms with E-state index in [2.05, 4.69) is 110 Å². The first-order chi connectivity index (χ1) is 36.0. The van der Waals surface area contributed by atoms with Crippen molar-refractivity contribution in [3.05, 3.63) is 69.9 Å². The van der Waals surface area contributed by atoms with Crippen LogP contribution in [0, 0.1) is 5.92 Å². The second kappa shape index (κ2) is 39.3. The number of nitrogens with two attached hydrogens (primary N) is 3. The van der Waals surface area contributed by atoms with Crippen molar-refractivity contribution in [2.24, 2.45) is 23.3 Å². The van der Waals surface area contributed by atoms with Crippen molar-refractivity contribution in [3.63, 3.8) is 0 Å². The number of hydrogen-bond acceptors (Lipinski definition) is 13. The van der Waals surface area contributed by atoms with Gasteiger partial charge in [-0.05, 0) is 160 Å². The van der Waals surface area contributed by atoms with Crippen LogP contribution in [0.1, 0.15) is 180 Å². The highest BCUT2D eigenvalue weighted by Gasteiger charge is 2.32. The Labute approximate surface area is 470 Å². The lowest BCUT2D eigenvalue weighted by Gasteiger charge is -2.27. The molecule has 77 heavy (non-hydrogen) atoms. The highest BCUT2D eigenvalue weighted by Crippen LogP contribution is 2.22. The molecule has 0 aliphatic rings. The van der Waals surface area contributed by atoms with E-state index in [9.17, 15) is 33.6 Å². The third-order valence-electron chi connectivity index (χ3n) is 12.4. The van der Waals surface area contributed by atoms with Gasteiger partial charge in [-0.15, -0.1) is 0 Å². The van der Waals surface area contributed by atoms with Crippen LogP contribution >= 0.6 is 23.5 Å². The van der Waals surface area contributed by atoms with Crippen molar-refractivity contribution in [3.8, 4) is 0 Å². The molecule has 438 valence electrons. The molecule has 0 aliphatic heterocycles. The monoisotopic (exact) mass is 1120 g/mol. The summed E-state index contributed by atoms with van der Waals surface area (Å²) >= 11 is 2.94. The Bertz CT molecular complexity index is 2070. The molecule has 0 radical (unpaired) electrons. The van der Waals surface area contributed by atoms with Gasteiger partial charge in [-0.2, -0.15) is 23.5 Å². The minimum atomic E-state index is -1.20. The lowest BCUT2D eigenvalue weighted by molar-refractivity contribution is -0.130. The molecule has 5 unspecified atom stereocenters. The molecular formula is C57H99N9O9S2. The minimum absolute atomic E-state index is 0.0984. The fourth-order valence-electron chi connectivity index (χ4n) is 7.28. The van der Waals surface area contributed by atoms with Crippen molar-refractivity contribution in [2.45, 2.75) is 216 Å². The number of primary amides is 1. The molecule has 0 aromatic carbocycles. The second-order valence-electron chi connectivity index (χ2n) is 21.8. The summed E-state index contributed by atoms with van der Waals surface area (Å²) in [5, 5.41) is 10.7. The van der Waals surface area contributed by atoms with E-state index in [4.69, 9.17) is 26.9 Å². The van der Waals surface area contributed by atoms with Crippen LogP contribution in [0.5, 0.6) is 0 Å². The molecule has 0 saturated heterocycles. The predicted molar refractivity (Wildman–Crippen MR) is 316 cm³/mol. The Morgan fingerprint density at radius 2 is 0.935 bits per heavy atom. The summed E-state index contributed by atoms with van der Waals surface area (Å²) in [5.74, 6) is 9.49. The summed E-state index contributed by atoms with van der Waals surface area (Å²) in [5.41, 5.74) is 15.5. The molecule has 12 N–H and O–H groups in total. The number of thioether (sulfide) groups is 2. The normalized spacial score (nSPS) is 14.7. The predicted octanol–water partition coefficient (Wildman–Crippen LogP) is 9.08. The Balaban J connectivity index is 5.18. The molecule has 0 rings (SSSR count). The molecule has 0 aliphatic carbocycles. The number of carbonyl (C=O) groups excluding carboxylic acids is 7. The maximum absolute atomic E-state index is 13.5. The van der Waals surface area contributed by atoms with E-state index in [0.29, 0.717) is 30.8 Å². The first-order valence-electron chi connectivity index (χ1n) is 27.0. The first kappa shape index (κ1) is 72.0. The van der Waals surface area contributed by atoms with Crippen molar-refractivity contribution in [1.29, 1.82) is 0 Å². The minimum Gasteiger partial charge on any atom is -0.444 e. The van der Waals surface area contributed by atoms with Crippen molar-refractivity contribution in [1.82, 2.24) is 32.1 Å². The molecule has 18 nitrogen and oxygen atoms in total. The maximum Gasteiger partial charge on any atom is 0.408 e. The lowest BCUT2D eigenvalue weighted by atomic mass is 9.98. The van der Waals surface area contributed by atoms with Crippen LogP contribution in [0.25, 0.3) is 0 Å². The van der Waals surface area contributed by atoms with Crippen molar-refractivity contribution >= 4 is 65.2 Å². The second-order valence-corrected chi connectivity index (χ2v) is 23.9. The van der Waals surface area contributed by atoms with E-state index < -0.39 is 77.1 Å². The average molecular weight is 1120 g/mol. The summed E-state index contributed by atoms with van der Waals surface area (Å²) in [6, 6.07) is -4.01. The lowest BCUT2D eigenvalue weighted by Crippen LogP contribution is -2.57. The number of amides is 7. The van der Waals surface area contributed by atoms with E-state index in [1.807, 2.05) is 20.8 Å². The molecule has 7 amide bonds. The van der Waals surface area contributed by atoms with Gasteiger partial charge in [0.15, 0.2) is 0 Å². The molecule has 0 saturated carbocycles. The number of ether oxygens (including phenoxy) is 2. The molecule has 0 heterocycles. The van der Waals surface area contributed by atoms with Gasteiger partial charge in [-0.3, -0.25) is 34.8 Å². The molecule has 0 bridgehead atoms. The highest BCUT2D eigenvalue weighted by molar-refractivity contribution is 7.99. The number of carbonyl (C=O) groups is 7. The van der Waals surface area contributed by atoms with E-state index >= 15 is 0 Å². The van der Waals surface area contributed by atoms with Gasteiger partial charge < -0.3 is 36.5 Å². The van der Waals surface area contributed by atoms with Crippen LogP contribution < -0.4 is 49.5 Å². The Hall–Kier alpha value is -5.05. The largest absolute Gasteiger partial charge is 0.444 e. The van der Waals surface area contributed by atoms with Crippen LogP contribution in [-0.4, -0.2) is 100 Å². The van der Waals surface area contributed by atoms with Gasteiger partial charge >= 0.3 is 12.2 Å². The van der Waals surface area contributed by atoms with E-state index in [1.54, 1.807) is 34.6 Å². The van der Waals surface area contributed by atoms with Gasteiger partial charge in [0.25, 0.3) is 11.8 Å². The van der Waals surface area contributed by atoms with E-state index in [0.717, 1.165) is 56.9 Å². The average Bonchev–Trinajstić information content (AvgIpc) is 3.33. The summed E-state index contributed by atoms with van der Waals surface area (Å²) in [6.07, 6.45) is 20.5. The van der Waals surface area contributed by atoms with E-state index in [1.165, 1.54) is 51.4 Å². The molecule has 5 atom stereocenters. The van der Waals surface area contributed by atoms with Gasteiger partial charge in [-0.25, -0.2) is 21.3 Å². The number of rotatable bonds is 37. The van der Waals surface area contributed by atoms with Gasteiger partial charge in [0.2, 0.25) is 17.7 Å². The number of allylic oxidation sites excluding steroid dienone is 10. The summed E-state index contributed by atoms with van der Waals surface area (Å²) in [7, 11) is 0. The van der Waals surface area contributed by atoms with Gasteiger partial charge in [0.05, 0.1) is 0 Å². The highest BCUT2D eigenvalue weighted by atomic mass is 32.2. The molecule has 20 heteroatoms. The summed E-state index contributed by atoms with van der Waals surface area (Å²) in [6.45, 7) is 27.2. The van der Waals surface area contributed by atoms with Crippen LogP contribution in [0.2, 0.25) is 0 Å². The zero-order chi connectivity index (χ0) is 58.7. The maximum atomic E-state index is 13.5. The number of nitrogens with one attached hydrogen (secondary N) is 6. The molecule has 0 fully saturated rings. The number of hydrazine groups is 2. The Kier molecular flexibility index (Phi) is 36.8. The third-order valence-corrected chi connectivity index (χ3v) is 14.3. The van der Waals surface area contributed by atoms with Gasteiger partial charge in [0, 0.05) is 29.4 Å². The Morgan fingerprint density at radius 3 is 1.35 bits per heavy atom. The number of hydrogen-bond donors (Lipinski definition) is 9. The first-order valence-corrected chi connectivity index (χ1v) is 29.3.